The lowest BCUT2D eigenvalue weighted by Gasteiger charge is -2.44. The lowest BCUT2D eigenvalue weighted by Crippen LogP contribution is -2.50. The first-order valence-corrected chi connectivity index (χ1v) is 16.9. The first-order chi connectivity index (χ1) is 20.8. The van der Waals surface area contributed by atoms with Crippen molar-refractivity contribution in [3.05, 3.63) is 62.0 Å². The summed E-state index contributed by atoms with van der Waals surface area (Å²) in [4.78, 5) is 0. The first-order valence-electron chi connectivity index (χ1n) is 15.3. The summed E-state index contributed by atoms with van der Waals surface area (Å²) >= 11 is 8.18. The summed E-state index contributed by atoms with van der Waals surface area (Å²) in [5, 5.41) is 4.22. The second kappa shape index (κ2) is 9.40. The Morgan fingerprint density at radius 3 is 1.84 bits per heavy atom. The summed E-state index contributed by atoms with van der Waals surface area (Å²) in [6.45, 7) is 20.3. The zero-order valence-electron chi connectivity index (χ0n) is 27.4. The average molecular weight is 711 g/mol. The van der Waals surface area contributed by atoms with Gasteiger partial charge >= 0.3 is 0 Å². The lowest BCUT2D eigenvalue weighted by atomic mass is 9.59. The molecule has 2 heterocycles. The SMILES string of the molecule is [B]c1c([B])c(C(C)(C)C)c([B])c([B])c1-n1c2c(Br)c3c(cc2c2cc4c(oc5ccccc54)c(Br)c21)C(C)(C)C(C)(C)C3(C)C. The van der Waals surface area contributed by atoms with Crippen LogP contribution in [0.25, 0.3) is 49.4 Å². The minimum absolute atomic E-state index is 0.0415. The molecule has 0 aliphatic heterocycles. The van der Waals surface area contributed by atoms with Crippen LogP contribution in [0.15, 0.2) is 49.8 Å². The molecule has 0 bridgehead atoms. The predicted molar refractivity (Wildman–Crippen MR) is 204 cm³/mol. The van der Waals surface area contributed by atoms with Gasteiger partial charge in [0.15, 0.2) is 5.58 Å². The molecular formula is C37H33B4Br2NO. The molecule has 0 unspecified atom stereocenters. The van der Waals surface area contributed by atoms with E-state index in [1.165, 1.54) is 11.1 Å². The molecule has 0 saturated heterocycles. The number of rotatable bonds is 1. The third kappa shape index (κ3) is 3.73. The molecule has 0 N–H and O–H groups in total. The molecule has 2 aromatic heterocycles. The minimum Gasteiger partial charge on any atom is -0.455 e. The number of benzene rings is 4. The van der Waals surface area contributed by atoms with Crippen molar-refractivity contribution in [1.82, 2.24) is 4.57 Å². The van der Waals surface area contributed by atoms with Gasteiger partial charge in [-0.2, -0.15) is 0 Å². The molecule has 0 fully saturated rings. The fourth-order valence-electron chi connectivity index (χ4n) is 8.03. The smallest absolute Gasteiger partial charge is 0.151 e. The number of hydrogen-bond donors (Lipinski definition) is 0. The maximum Gasteiger partial charge on any atom is 0.151 e. The van der Waals surface area contributed by atoms with Crippen molar-refractivity contribution in [2.24, 2.45) is 5.41 Å². The van der Waals surface area contributed by atoms with Gasteiger partial charge in [0.1, 0.15) is 37.0 Å². The fourth-order valence-corrected chi connectivity index (χ4v) is 9.82. The van der Waals surface area contributed by atoms with E-state index in [9.17, 15) is 0 Å². The van der Waals surface area contributed by atoms with Gasteiger partial charge in [0.2, 0.25) is 0 Å². The van der Waals surface area contributed by atoms with Gasteiger partial charge in [0.05, 0.1) is 15.5 Å². The molecule has 0 atom stereocenters. The summed E-state index contributed by atoms with van der Waals surface area (Å²) in [7, 11) is 27.7. The third-order valence-corrected chi connectivity index (χ3v) is 13.1. The van der Waals surface area contributed by atoms with Gasteiger partial charge in [0.25, 0.3) is 0 Å². The van der Waals surface area contributed by atoms with Gasteiger partial charge in [0, 0.05) is 31.7 Å². The highest BCUT2D eigenvalue weighted by Gasteiger charge is 2.58. The Balaban J connectivity index is 1.78. The number of para-hydroxylation sites is 1. The quantitative estimate of drug-likeness (QED) is 0.164. The van der Waals surface area contributed by atoms with E-state index in [1.807, 2.05) is 18.2 Å². The largest absolute Gasteiger partial charge is 0.455 e. The number of hydrogen-bond acceptors (Lipinski definition) is 1. The minimum atomic E-state index is -0.362. The molecule has 1 aliphatic rings. The summed E-state index contributed by atoms with van der Waals surface area (Å²) in [5.74, 6) is 0. The van der Waals surface area contributed by atoms with Crippen LogP contribution in [0, 0.1) is 5.41 Å². The Labute approximate surface area is 288 Å². The Hall–Kier alpha value is -2.30. The molecule has 8 heteroatoms. The average Bonchev–Trinajstić information content (AvgIpc) is 3.51. The molecule has 4 aromatic carbocycles. The molecule has 0 spiro atoms. The summed E-state index contributed by atoms with van der Waals surface area (Å²) in [6.07, 6.45) is 0. The van der Waals surface area contributed by atoms with Crippen LogP contribution in [0.3, 0.4) is 0 Å². The van der Waals surface area contributed by atoms with Gasteiger partial charge in [-0.15, -0.1) is 0 Å². The molecular weight excluding hydrogens is 677 g/mol. The highest BCUT2D eigenvalue weighted by molar-refractivity contribution is 9.11. The van der Waals surface area contributed by atoms with E-state index in [2.05, 4.69) is 117 Å². The van der Waals surface area contributed by atoms with E-state index < -0.39 is 0 Å². The normalized spacial score (nSPS) is 17.2. The molecule has 0 amide bonds. The van der Waals surface area contributed by atoms with Crippen molar-refractivity contribution in [3.8, 4) is 5.69 Å². The highest BCUT2D eigenvalue weighted by atomic mass is 79.9. The van der Waals surface area contributed by atoms with Crippen LogP contribution in [0.1, 0.15) is 79.0 Å². The Morgan fingerprint density at radius 2 is 1.24 bits per heavy atom. The number of fused-ring (bicyclic) bond motifs is 7. The van der Waals surface area contributed by atoms with Crippen LogP contribution in [0.4, 0.5) is 0 Å². The zero-order chi connectivity index (χ0) is 32.9. The van der Waals surface area contributed by atoms with E-state index in [0.29, 0.717) is 27.5 Å². The number of halogens is 2. The summed E-state index contributed by atoms with van der Waals surface area (Å²) in [6, 6.07) is 12.7. The second-order valence-corrected chi connectivity index (χ2v) is 17.0. The lowest BCUT2D eigenvalue weighted by molar-refractivity contribution is 0.125. The van der Waals surface area contributed by atoms with E-state index in [1.54, 1.807) is 0 Å². The molecule has 6 aromatic rings. The van der Waals surface area contributed by atoms with E-state index >= 15 is 0 Å². The Bertz CT molecular complexity index is 2270. The molecule has 218 valence electrons. The summed E-state index contributed by atoms with van der Waals surface area (Å²) in [5.41, 5.74) is 8.37. The number of nitrogens with zero attached hydrogens (tertiary/aromatic N) is 1. The molecule has 2 nitrogen and oxygen atoms in total. The predicted octanol–water partition coefficient (Wildman–Crippen LogP) is 7.28. The second-order valence-electron chi connectivity index (χ2n) is 15.4. The van der Waals surface area contributed by atoms with Gasteiger partial charge in [-0.05, 0) is 82.8 Å². The van der Waals surface area contributed by atoms with Gasteiger partial charge in [-0.1, -0.05) is 108 Å². The maximum absolute atomic E-state index is 7.01. The van der Waals surface area contributed by atoms with Crippen molar-refractivity contribution in [1.29, 1.82) is 0 Å². The highest BCUT2D eigenvalue weighted by Crippen LogP contribution is 2.64. The van der Waals surface area contributed by atoms with E-state index in [-0.39, 0.29) is 21.7 Å². The van der Waals surface area contributed by atoms with Crippen LogP contribution >= 0.6 is 31.9 Å². The van der Waals surface area contributed by atoms with Crippen LogP contribution in [0.5, 0.6) is 0 Å². The third-order valence-electron chi connectivity index (χ3n) is 11.6. The van der Waals surface area contributed by atoms with Crippen molar-refractivity contribution < 1.29 is 4.42 Å². The molecule has 8 radical (unpaired) electrons. The standard InChI is InChI=1S/C37H33B4Br2NO/c1-34(2,3)23-24(38)26(40)32(27(41)25(23)39)44-30-18(15-20-22(28(30)42)36(6,7)37(8,9)35(20,4)5)17-14-19-16-12-10-11-13-21(16)45-33(19)29(43)31(17)44/h10-15H,1-9H3. The number of furan rings is 1. The Morgan fingerprint density at radius 1 is 0.689 bits per heavy atom. The van der Waals surface area contributed by atoms with Gasteiger partial charge < -0.3 is 8.98 Å². The monoisotopic (exact) mass is 709 g/mol. The van der Waals surface area contributed by atoms with Crippen LogP contribution in [-0.4, -0.2) is 36.0 Å². The Kier molecular flexibility index (Phi) is 6.54. The van der Waals surface area contributed by atoms with Crippen molar-refractivity contribution in [2.75, 3.05) is 0 Å². The maximum atomic E-state index is 7.01. The molecule has 1 aliphatic carbocycles. The number of aromatic nitrogens is 1. The molecule has 7 rings (SSSR count). The van der Waals surface area contributed by atoms with Gasteiger partial charge in [-0.3, -0.25) is 0 Å². The van der Waals surface area contributed by atoms with Crippen LogP contribution in [0.2, 0.25) is 0 Å². The van der Waals surface area contributed by atoms with Gasteiger partial charge in [-0.25, -0.2) is 0 Å². The van der Waals surface area contributed by atoms with E-state index in [4.69, 9.17) is 35.8 Å². The van der Waals surface area contributed by atoms with E-state index in [0.717, 1.165) is 58.3 Å². The molecule has 45 heavy (non-hydrogen) atoms. The van der Waals surface area contributed by atoms with Crippen molar-refractivity contribution >= 4 is 129 Å². The molecule has 0 saturated carbocycles. The van der Waals surface area contributed by atoms with Crippen molar-refractivity contribution in [2.45, 2.75) is 78.6 Å². The fraction of sp³-hybridized carbons (Fsp3) is 0.351. The van der Waals surface area contributed by atoms with Crippen molar-refractivity contribution in [3.63, 3.8) is 0 Å². The van der Waals surface area contributed by atoms with Crippen LogP contribution < -0.4 is 21.9 Å². The first kappa shape index (κ1) is 31.3. The topological polar surface area (TPSA) is 18.1 Å². The van der Waals surface area contributed by atoms with Crippen LogP contribution in [-0.2, 0) is 16.2 Å². The summed E-state index contributed by atoms with van der Waals surface area (Å²) < 4.78 is 10.4. The zero-order valence-corrected chi connectivity index (χ0v) is 30.6.